The molecule has 0 saturated heterocycles. The van der Waals surface area contributed by atoms with E-state index in [-0.39, 0.29) is 16.9 Å². The minimum absolute atomic E-state index is 0.0827. The summed E-state index contributed by atoms with van der Waals surface area (Å²) < 4.78 is 0. The van der Waals surface area contributed by atoms with Gasteiger partial charge in [-0.25, -0.2) is 0 Å². The molecule has 2 atom stereocenters. The van der Waals surface area contributed by atoms with Crippen molar-refractivity contribution < 1.29 is 24.6 Å². The molecule has 0 aromatic heterocycles. The van der Waals surface area contributed by atoms with Gasteiger partial charge >= 0.3 is 11.9 Å². The van der Waals surface area contributed by atoms with Gasteiger partial charge in [-0.3, -0.25) is 14.4 Å². The molecule has 1 unspecified atom stereocenters. The highest BCUT2D eigenvalue weighted by Crippen LogP contribution is 2.18. The molecule has 0 fully saturated rings. The first-order valence-electron chi connectivity index (χ1n) is 5.68. The maximum Gasteiger partial charge on any atom is 0.317 e. The van der Waals surface area contributed by atoms with Gasteiger partial charge in [-0.15, -0.1) is 11.8 Å². The van der Waals surface area contributed by atoms with Crippen molar-refractivity contribution in [2.24, 2.45) is 0 Å². The van der Waals surface area contributed by atoms with Crippen molar-refractivity contribution in [3.8, 4) is 0 Å². The topological polar surface area (TPSA) is 104 Å². The molecule has 0 amide bonds. The zero-order valence-electron chi connectivity index (χ0n) is 11.1. The molecule has 0 aliphatic rings. The quantitative estimate of drug-likeness (QED) is 0.577. The molecule has 3 N–H and O–H groups in total. The fourth-order valence-electron chi connectivity index (χ4n) is 1.32. The number of aliphatic carboxylic acids is 2. The average molecular weight is 309 g/mol. The van der Waals surface area contributed by atoms with Crippen molar-refractivity contribution in [1.82, 2.24) is 5.32 Å². The Morgan fingerprint density at radius 3 is 2.16 bits per heavy atom. The lowest BCUT2D eigenvalue weighted by molar-refractivity contribution is -0.142. The summed E-state index contributed by atoms with van der Waals surface area (Å²) in [6.45, 7) is 3.77. The van der Waals surface area contributed by atoms with Crippen molar-refractivity contribution in [3.63, 3.8) is 0 Å². The van der Waals surface area contributed by atoms with Crippen LogP contribution in [0.3, 0.4) is 0 Å². The number of rotatable bonds is 9. The van der Waals surface area contributed by atoms with Gasteiger partial charge in [0.15, 0.2) is 0 Å². The van der Waals surface area contributed by atoms with Crippen LogP contribution in [-0.2, 0) is 14.4 Å². The molecule has 19 heavy (non-hydrogen) atoms. The van der Waals surface area contributed by atoms with E-state index in [1.807, 2.05) is 13.8 Å². The number of carboxylic acid groups (broad SMARTS) is 2. The molecule has 0 aromatic rings. The lowest BCUT2D eigenvalue weighted by Crippen LogP contribution is -2.42. The van der Waals surface area contributed by atoms with E-state index in [1.165, 1.54) is 0 Å². The summed E-state index contributed by atoms with van der Waals surface area (Å²) in [6.07, 6.45) is 1.20. The van der Waals surface area contributed by atoms with E-state index in [9.17, 15) is 14.4 Å². The van der Waals surface area contributed by atoms with Crippen molar-refractivity contribution in [2.45, 2.75) is 37.6 Å². The second kappa shape index (κ2) is 9.22. The molecular formula is C11H19NO5S2. The number of carbonyl (C=O) groups is 3. The van der Waals surface area contributed by atoms with Gasteiger partial charge in [0.2, 0.25) is 5.12 Å². The highest BCUT2D eigenvalue weighted by Gasteiger charge is 2.25. The largest absolute Gasteiger partial charge is 0.481 e. The van der Waals surface area contributed by atoms with Gasteiger partial charge < -0.3 is 15.5 Å². The van der Waals surface area contributed by atoms with E-state index in [0.717, 1.165) is 23.5 Å². The van der Waals surface area contributed by atoms with E-state index in [2.05, 4.69) is 5.32 Å². The monoisotopic (exact) mass is 309 g/mol. The molecule has 0 spiro atoms. The normalized spacial score (nSPS) is 14.1. The Kier molecular flexibility index (Phi) is 8.86. The number of nitrogens with one attached hydrogen (secondary N) is 1. The third-order valence-corrected chi connectivity index (χ3v) is 4.10. The minimum atomic E-state index is -1.17. The Balaban J connectivity index is 4.52. The van der Waals surface area contributed by atoms with E-state index in [4.69, 9.17) is 10.2 Å². The van der Waals surface area contributed by atoms with Crippen molar-refractivity contribution in [3.05, 3.63) is 0 Å². The minimum Gasteiger partial charge on any atom is -0.481 e. The Hall–Kier alpha value is -0.730. The average Bonchev–Trinajstić information content (AvgIpc) is 2.30. The van der Waals surface area contributed by atoms with Crippen LogP contribution < -0.4 is 5.32 Å². The second-order valence-electron chi connectivity index (χ2n) is 4.16. The molecule has 110 valence electrons. The Bertz CT molecular complexity index is 335. The van der Waals surface area contributed by atoms with E-state index >= 15 is 0 Å². The molecule has 0 aromatic carbocycles. The standard InChI is InChI=1S/C11H19NO5S2/c1-6(2)12-7(11(17)18-3)5-19-8(10(15)16)4-9(13)14/h6-8,12H,4-5H2,1-3H3,(H,13,14)(H,15,16)/t7-,8?/m0/s1. The van der Waals surface area contributed by atoms with Crippen LogP contribution in [0.4, 0.5) is 0 Å². The van der Waals surface area contributed by atoms with Gasteiger partial charge in [0.05, 0.1) is 12.5 Å². The predicted octanol–water partition coefficient (Wildman–Crippen LogP) is 0.904. The zero-order valence-corrected chi connectivity index (χ0v) is 12.7. The number of thioether (sulfide) groups is 2. The molecular weight excluding hydrogens is 290 g/mol. The van der Waals surface area contributed by atoms with Crippen LogP contribution in [0.2, 0.25) is 0 Å². The fourth-order valence-corrected chi connectivity index (χ4v) is 2.93. The highest BCUT2D eigenvalue weighted by atomic mass is 32.2. The first kappa shape index (κ1) is 18.3. The van der Waals surface area contributed by atoms with Crippen molar-refractivity contribution >= 4 is 40.6 Å². The van der Waals surface area contributed by atoms with Crippen LogP contribution in [-0.4, -0.2) is 56.6 Å². The first-order valence-corrected chi connectivity index (χ1v) is 7.95. The van der Waals surface area contributed by atoms with Crippen LogP contribution in [0, 0.1) is 0 Å². The summed E-state index contributed by atoms with van der Waals surface area (Å²) in [5.41, 5.74) is 0. The molecule has 0 rings (SSSR count). The van der Waals surface area contributed by atoms with Crippen molar-refractivity contribution in [1.29, 1.82) is 0 Å². The number of carboxylic acids is 2. The second-order valence-corrected chi connectivity index (χ2v) is 6.20. The Labute approximate surface area is 120 Å². The molecule has 0 bridgehead atoms. The molecule has 0 aliphatic carbocycles. The van der Waals surface area contributed by atoms with E-state index in [0.29, 0.717) is 0 Å². The van der Waals surface area contributed by atoms with Crippen LogP contribution in [0.1, 0.15) is 20.3 Å². The number of carbonyl (C=O) groups excluding carboxylic acids is 1. The highest BCUT2D eigenvalue weighted by molar-refractivity contribution is 8.13. The Morgan fingerprint density at radius 1 is 1.21 bits per heavy atom. The molecule has 8 heteroatoms. The van der Waals surface area contributed by atoms with Crippen LogP contribution in [0.25, 0.3) is 0 Å². The number of hydrogen-bond acceptors (Lipinski definition) is 6. The van der Waals surface area contributed by atoms with Gasteiger partial charge in [0.25, 0.3) is 0 Å². The Morgan fingerprint density at radius 2 is 1.79 bits per heavy atom. The molecule has 0 radical (unpaired) electrons. The SMILES string of the molecule is CSC(=O)[C@H](CSC(CC(=O)O)C(=O)O)NC(C)C. The molecule has 0 heterocycles. The zero-order chi connectivity index (χ0) is 15.0. The maximum absolute atomic E-state index is 11.7. The summed E-state index contributed by atoms with van der Waals surface area (Å²) >= 11 is 2.05. The lowest BCUT2D eigenvalue weighted by Gasteiger charge is -2.20. The van der Waals surface area contributed by atoms with Gasteiger partial charge in [-0.2, -0.15) is 0 Å². The fraction of sp³-hybridized carbons (Fsp3) is 0.727. The van der Waals surface area contributed by atoms with Crippen LogP contribution >= 0.6 is 23.5 Å². The third-order valence-electron chi connectivity index (χ3n) is 2.12. The van der Waals surface area contributed by atoms with Gasteiger partial charge in [-0.05, 0) is 6.26 Å². The lowest BCUT2D eigenvalue weighted by atomic mass is 10.3. The van der Waals surface area contributed by atoms with Gasteiger partial charge in [-0.1, -0.05) is 25.6 Å². The molecule has 6 nitrogen and oxygen atoms in total. The smallest absolute Gasteiger partial charge is 0.317 e. The van der Waals surface area contributed by atoms with Gasteiger partial charge in [0.1, 0.15) is 5.25 Å². The summed E-state index contributed by atoms with van der Waals surface area (Å²) in [5, 5.41) is 19.5. The number of hydrogen-bond donors (Lipinski definition) is 3. The summed E-state index contributed by atoms with van der Waals surface area (Å²) in [7, 11) is 0. The van der Waals surface area contributed by atoms with E-state index in [1.54, 1.807) is 6.26 Å². The summed E-state index contributed by atoms with van der Waals surface area (Å²) in [4.78, 5) is 33.2. The molecule has 0 saturated carbocycles. The molecule has 0 aliphatic heterocycles. The first-order chi connectivity index (χ1) is 8.77. The van der Waals surface area contributed by atoms with Crippen LogP contribution in [0.15, 0.2) is 0 Å². The van der Waals surface area contributed by atoms with Crippen LogP contribution in [0.5, 0.6) is 0 Å². The summed E-state index contributed by atoms with van der Waals surface area (Å²) in [6, 6.07) is -0.389. The van der Waals surface area contributed by atoms with Crippen molar-refractivity contribution in [2.75, 3.05) is 12.0 Å². The summed E-state index contributed by atoms with van der Waals surface area (Å²) in [5.74, 6) is -2.10. The third kappa shape index (κ3) is 8.12. The maximum atomic E-state index is 11.7. The predicted molar refractivity (Wildman–Crippen MR) is 76.7 cm³/mol. The van der Waals surface area contributed by atoms with E-state index < -0.39 is 29.7 Å². The van der Waals surface area contributed by atoms with Gasteiger partial charge in [0, 0.05) is 11.8 Å².